The number of aliphatic hydroxyl groups is 1. The van der Waals surface area contributed by atoms with Crippen LogP contribution in [0.5, 0.6) is 0 Å². The molecule has 0 spiro atoms. The Morgan fingerprint density at radius 1 is 1.47 bits per heavy atom. The van der Waals surface area contributed by atoms with Gasteiger partial charge in [-0.15, -0.1) is 0 Å². The fourth-order valence-electron chi connectivity index (χ4n) is 1.37. The molecule has 1 rings (SSSR count). The van der Waals surface area contributed by atoms with Crippen molar-refractivity contribution < 1.29 is 5.11 Å². The monoisotopic (exact) mass is 255 g/mol. The summed E-state index contributed by atoms with van der Waals surface area (Å²) in [6.07, 6.45) is 4.72. The van der Waals surface area contributed by atoms with Gasteiger partial charge in [-0.2, -0.15) is 0 Å². The van der Waals surface area contributed by atoms with Crippen molar-refractivity contribution >= 4 is 11.8 Å². The van der Waals surface area contributed by atoms with Gasteiger partial charge in [0.25, 0.3) is 0 Å². The van der Waals surface area contributed by atoms with Gasteiger partial charge in [0.15, 0.2) is 5.16 Å². The highest BCUT2D eigenvalue weighted by Crippen LogP contribution is 2.17. The maximum atomic E-state index is 9.01. The standard InChI is InChI=1S/C12H21N3OS/c1-10-5-7-14-11(15-10)17-8-4-3-6-12(2,13)9-16/h5,7,16H,3-4,6,8-9,13H2,1-2H3. The zero-order valence-corrected chi connectivity index (χ0v) is 11.3. The molecule has 3 N–H and O–H groups in total. The normalized spacial score (nSPS) is 14.6. The van der Waals surface area contributed by atoms with E-state index < -0.39 is 5.54 Å². The molecule has 0 aliphatic heterocycles. The third-order valence-electron chi connectivity index (χ3n) is 2.51. The summed E-state index contributed by atoms with van der Waals surface area (Å²) in [5.41, 5.74) is 6.41. The fraction of sp³-hybridized carbons (Fsp3) is 0.667. The third-order valence-corrected chi connectivity index (χ3v) is 3.45. The van der Waals surface area contributed by atoms with E-state index >= 15 is 0 Å². The first-order valence-corrected chi connectivity index (χ1v) is 6.84. The van der Waals surface area contributed by atoms with Crippen LogP contribution in [0, 0.1) is 6.92 Å². The van der Waals surface area contributed by atoms with Crippen molar-refractivity contribution in [1.82, 2.24) is 9.97 Å². The van der Waals surface area contributed by atoms with Gasteiger partial charge in [0.05, 0.1) is 6.61 Å². The van der Waals surface area contributed by atoms with E-state index in [1.807, 2.05) is 19.9 Å². The lowest BCUT2D eigenvalue weighted by atomic mass is 9.98. The molecule has 0 fully saturated rings. The molecule has 1 unspecified atom stereocenters. The smallest absolute Gasteiger partial charge is 0.187 e. The van der Waals surface area contributed by atoms with E-state index in [0.717, 1.165) is 35.9 Å². The summed E-state index contributed by atoms with van der Waals surface area (Å²) in [6.45, 7) is 3.89. The van der Waals surface area contributed by atoms with Crippen molar-refractivity contribution in [2.45, 2.75) is 43.8 Å². The van der Waals surface area contributed by atoms with Gasteiger partial charge < -0.3 is 10.8 Å². The average molecular weight is 255 g/mol. The van der Waals surface area contributed by atoms with Gasteiger partial charge in [-0.1, -0.05) is 18.2 Å². The highest BCUT2D eigenvalue weighted by Gasteiger charge is 2.15. The van der Waals surface area contributed by atoms with Gasteiger partial charge in [-0.25, -0.2) is 9.97 Å². The van der Waals surface area contributed by atoms with Gasteiger partial charge in [-0.3, -0.25) is 0 Å². The van der Waals surface area contributed by atoms with Crippen molar-refractivity contribution in [3.63, 3.8) is 0 Å². The second-order valence-corrected chi connectivity index (χ2v) is 5.66. The number of hydrogen-bond acceptors (Lipinski definition) is 5. The summed E-state index contributed by atoms with van der Waals surface area (Å²) in [5.74, 6) is 0.991. The lowest BCUT2D eigenvalue weighted by Crippen LogP contribution is -2.39. The van der Waals surface area contributed by atoms with Crippen LogP contribution < -0.4 is 5.73 Å². The van der Waals surface area contributed by atoms with Crippen LogP contribution in [-0.2, 0) is 0 Å². The number of rotatable bonds is 7. The molecule has 1 atom stereocenters. The molecule has 0 radical (unpaired) electrons. The lowest BCUT2D eigenvalue weighted by Gasteiger charge is -2.20. The van der Waals surface area contributed by atoms with Crippen LogP contribution in [0.4, 0.5) is 0 Å². The predicted molar refractivity (Wildman–Crippen MR) is 71.0 cm³/mol. The molecule has 5 heteroatoms. The van der Waals surface area contributed by atoms with E-state index in [1.54, 1.807) is 18.0 Å². The predicted octanol–water partition coefficient (Wildman–Crippen LogP) is 1.76. The molecule has 17 heavy (non-hydrogen) atoms. The SMILES string of the molecule is Cc1ccnc(SCCCCC(C)(N)CO)n1. The summed E-state index contributed by atoms with van der Waals surface area (Å²) in [6, 6.07) is 1.89. The summed E-state index contributed by atoms with van der Waals surface area (Å²) in [7, 11) is 0. The van der Waals surface area contributed by atoms with Gasteiger partial charge in [0.2, 0.25) is 0 Å². The first-order valence-electron chi connectivity index (χ1n) is 5.86. The topological polar surface area (TPSA) is 72.0 Å². The Bertz CT molecular complexity index is 344. The first-order chi connectivity index (χ1) is 8.03. The largest absolute Gasteiger partial charge is 0.394 e. The number of unbranched alkanes of at least 4 members (excludes halogenated alkanes) is 1. The molecule has 0 saturated heterocycles. The minimum atomic E-state index is -0.440. The van der Waals surface area contributed by atoms with Crippen molar-refractivity contribution in [3.05, 3.63) is 18.0 Å². The van der Waals surface area contributed by atoms with E-state index in [4.69, 9.17) is 10.8 Å². The maximum Gasteiger partial charge on any atom is 0.187 e. The Balaban J connectivity index is 2.17. The molecule has 96 valence electrons. The highest BCUT2D eigenvalue weighted by atomic mass is 32.2. The number of aryl methyl sites for hydroxylation is 1. The van der Waals surface area contributed by atoms with Crippen LogP contribution in [0.25, 0.3) is 0 Å². The summed E-state index contributed by atoms with van der Waals surface area (Å²) in [4.78, 5) is 8.51. The number of nitrogens with two attached hydrogens (primary N) is 1. The van der Waals surface area contributed by atoms with Gasteiger partial charge >= 0.3 is 0 Å². The molecular formula is C12H21N3OS. The second kappa shape index (κ2) is 6.93. The Kier molecular flexibility index (Phi) is 5.88. The molecule has 1 aromatic heterocycles. The van der Waals surface area contributed by atoms with Crippen LogP contribution in [0.2, 0.25) is 0 Å². The molecule has 0 aromatic carbocycles. The minimum absolute atomic E-state index is 0.0428. The Morgan fingerprint density at radius 2 is 2.24 bits per heavy atom. The Morgan fingerprint density at radius 3 is 2.88 bits per heavy atom. The third kappa shape index (κ3) is 6.00. The Hall–Kier alpha value is -0.650. The van der Waals surface area contributed by atoms with Crippen LogP contribution in [0.3, 0.4) is 0 Å². The molecule has 0 saturated carbocycles. The number of thioether (sulfide) groups is 1. The van der Waals surface area contributed by atoms with Gasteiger partial charge in [0, 0.05) is 23.2 Å². The molecule has 0 bridgehead atoms. The van der Waals surface area contributed by atoms with E-state index in [0.29, 0.717) is 0 Å². The molecule has 4 nitrogen and oxygen atoms in total. The summed E-state index contributed by atoms with van der Waals surface area (Å²) < 4.78 is 0. The van der Waals surface area contributed by atoms with Crippen LogP contribution in [0.1, 0.15) is 31.9 Å². The number of aromatic nitrogens is 2. The van der Waals surface area contributed by atoms with Crippen molar-refractivity contribution in [1.29, 1.82) is 0 Å². The van der Waals surface area contributed by atoms with Crippen molar-refractivity contribution in [3.8, 4) is 0 Å². The first kappa shape index (κ1) is 14.4. The van der Waals surface area contributed by atoms with E-state index in [2.05, 4.69) is 9.97 Å². The highest BCUT2D eigenvalue weighted by molar-refractivity contribution is 7.99. The summed E-state index contributed by atoms with van der Waals surface area (Å²) in [5, 5.41) is 9.84. The number of nitrogens with zero attached hydrogens (tertiary/aromatic N) is 2. The fourth-order valence-corrected chi connectivity index (χ4v) is 2.24. The zero-order chi connectivity index (χ0) is 12.7. The lowest BCUT2D eigenvalue weighted by molar-refractivity contribution is 0.198. The van der Waals surface area contributed by atoms with E-state index in [1.165, 1.54) is 0 Å². The van der Waals surface area contributed by atoms with Crippen LogP contribution in [-0.4, -0.2) is 33.0 Å². The average Bonchev–Trinajstić information content (AvgIpc) is 2.29. The molecule has 1 aromatic rings. The van der Waals surface area contributed by atoms with Gasteiger partial charge in [-0.05, 0) is 32.8 Å². The number of hydrogen-bond donors (Lipinski definition) is 2. The number of aliphatic hydroxyl groups excluding tert-OH is 1. The molecular weight excluding hydrogens is 234 g/mol. The van der Waals surface area contributed by atoms with E-state index in [-0.39, 0.29) is 6.61 Å². The summed E-state index contributed by atoms with van der Waals surface area (Å²) >= 11 is 1.67. The van der Waals surface area contributed by atoms with Crippen LogP contribution in [0.15, 0.2) is 17.4 Å². The Labute approximate surface area is 107 Å². The quantitative estimate of drug-likeness (QED) is 0.441. The molecule has 0 aliphatic carbocycles. The van der Waals surface area contributed by atoms with Crippen LogP contribution >= 0.6 is 11.8 Å². The minimum Gasteiger partial charge on any atom is -0.394 e. The second-order valence-electron chi connectivity index (χ2n) is 4.60. The van der Waals surface area contributed by atoms with Gasteiger partial charge in [0.1, 0.15) is 0 Å². The zero-order valence-electron chi connectivity index (χ0n) is 10.5. The van der Waals surface area contributed by atoms with Crippen molar-refractivity contribution in [2.75, 3.05) is 12.4 Å². The maximum absolute atomic E-state index is 9.01. The van der Waals surface area contributed by atoms with Crippen molar-refractivity contribution in [2.24, 2.45) is 5.73 Å². The van der Waals surface area contributed by atoms with E-state index in [9.17, 15) is 0 Å². The molecule has 0 amide bonds. The molecule has 0 aliphatic rings. The molecule has 1 heterocycles.